The van der Waals surface area contributed by atoms with Crippen LogP contribution in [-0.4, -0.2) is 16.4 Å². The Bertz CT molecular complexity index is 458. The van der Waals surface area contributed by atoms with Crippen LogP contribution in [0, 0.1) is 16.0 Å². The second-order valence-electron chi connectivity index (χ2n) is 4.63. The Hall–Kier alpha value is -1.47. The van der Waals surface area contributed by atoms with E-state index in [1.807, 2.05) is 13.8 Å². The molecule has 0 aliphatic rings. The van der Waals surface area contributed by atoms with E-state index in [0.29, 0.717) is 6.54 Å². The van der Waals surface area contributed by atoms with E-state index < -0.39 is 16.4 Å². The summed E-state index contributed by atoms with van der Waals surface area (Å²) in [6, 6.07) is 1.50. The standard InChI is InChI=1S/C11H17N3O3S/c1-7(2)11(3,10(12)15)13-5-8-4-9(14(16)17)18-6-8/h4,6-7,13H,5H2,1-3H3,(H2,12,15). The second-order valence-corrected chi connectivity index (χ2v) is 5.51. The van der Waals surface area contributed by atoms with E-state index in [4.69, 9.17) is 5.73 Å². The van der Waals surface area contributed by atoms with Crippen molar-refractivity contribution < 1.29 is 9.72 Å². The fraction of sp³-hybridized carbons (Fsp3) is 0.545. The third-order valence-electron chi connectivity index (χ3n) is 3.15. The molecule has 6 nitrogen and oxygen atoms in total. The van der Waals surface area contributed by atoms with Gasteiger partial charge in [0.2, 0.25) is 5.91 Å². The molecule has 0 fully saturated rings. The summed E-state index contributed by atoms with van der Waals surface area (Å²) in [5, 5.41) is 15.4. The number of rotatable bonds is 6. The van der Waals surface area contributed by atoms with E-state index >= 15 is 0 Å². The molecule has 0 saturated carbocycles. The van der Waals surface area contributed by atoms with Gasteiger partial charge in [-0.3, -0.25) is 20.2 Å². The average Bonchev–Trinajstić information content (AvgIpc) is 2.73. The van der Waals surface area contributed by atoms with Crippen LogP contribution in [-0.2, 0) is 11.3 Å². The molecule has 1 aromatic heterocycles. The van der Waals surface area contributed by atoms with Gasteiger partial charge in [0.25, 0.3) is 0 Å². The molecule has 0 aliphatic heterocycles. The van der Waals surface area contributed by atoms with Gasteiger partial charge in [-0.05, 0) is 18.4 Å². The number of carbonyl (C=O) groups is 1. The normalized spacial score (nSPS) is 14.4. The molecule has 0 bridgehead atoms. The first kappa shape index (κ1) is 14.6. The van der Waals surface area contributed by atoms with E-state index in [2.05, 4.69) is 5.32 Å². The molecular weight excluding hydrogens is 254 g/mol. The minimum atomic E-state index is -0.823. The molecule has 18 heavy (non-hydrogen) atoms. The van der Waals surface area contributed by atoms with Crippen molar-refractivity contribution in [2.24, 2.45) is 11.7 Å². The molecule has 1 atom stereocenters. The van der Waals surface area contributed by atoms with Crippen LogP contribution in [0.3, 0.4) is 0 Å². The molecule has 0 spiro atoms. The zero-order valence-corrected chi connectivity index (χ0v) is 11.4. The van der Waals surface area contributed by atoms with Crippen molar-refractivity contribution in [1.29, 1.82) is 0 Å². The number of hydrogen-bond donors (Lipinski definition) is 2. The lowest BCUT2D eigenvalue weighted by molar-refractivity contribution is -0.380. The van der Waals surface area contributed by atoms with Gasteiger partial charge in [-0.25, -0.2) is 0 Å². The number of primary amides is 1. The first-order valence-electron chi connectivity index (χ1n) is 5.54. The number of nitrogens with zero attached hydrogens (tertiary/aromatic N) is 1. The van der Waals surface area contributed by atoms with E-state index in [-0.39, 0.29) is 10.9 Å². The van der Waals surface area contributed by atoms with Crippen molar-refractivity contribution in [3.05, 3.63) is 27.1 Å². The monoisotopic (exact) mass is 271 g/mol. The van der Waals surface area contributed by atoms with E-state index in [1.54, 1.807) is 12.3 Å². The summed E-state index contributed by atoms with van der Waals surface area (Å²) in [7, 11) is 0. The minimum Gasteiger partial charge on any atom is -0.368 e. The van der Waals surface area contributed by atoms with E-state index in [1.165, 1.54) is 6.07 Å². The maximum atomic E-state index is 11.5. The number of hydrogen-bond acceptors (Lipinski definition) is 5. The maximum Gasteiger partial charge on any atom is 0.324 e. The van der Waals surface area contributed by atoms with Crippen LogP contribution >= 0.6 is 11.3 Å². The Labute approximate surface area is 109 Å². The molecule has 7 heteroatoms. The summed E-state index contributed by atoms with van der Waals surface area (Å²) in [6.07, 6.45) is 0. The summed E-state index contributed by atoms with van der Waals surface area (Å²) in [4.78, 5) is 21.6. The first-order chi connectivity index (χ1) is 8.27. The minimum absolute atomic E-state index is 0.0311. The third-order valence-corrected chi connectivity index (χ3v) is 4.08. The molecule has 0 aliphatic carbocycles. The van der Waals surface area contributed by atoms with Crippen molar-refractivity contribution in [2.45, 2.75) is 32.9 Å². The predicted molar refractivity (Wildman–Crippen MR) is 70.3 cm³/mol. The molecule has 0 aromatic carbocycles. The highest BCUT2D eigenvalue weighted by molar-refractivity contribution is 7.13. The lowest BCUT2D eigenvalue weighted by Gasteiger charge is -2.31. The van der Waals surface area contributed by atoms with Gasteiger partial charge in [0.05, 0.1) is 10.5 Å². The van der Waals surface area contributed by atoms with Crippen LogP contribution in [0.25, 0.3) is 0 Å². The number of nitrogens with two attached hydrogens (primary N) is 1. The Morgan fingerprint density at radius 2 is 2.28 bits per heavy atom. The van der Waals surface area contributed by atoms with Gasteiger partial charge in [0.1, 0.15) is 0 Å². The average molecular weight is 271 g/mol. The number of carbonyl (C=O) groups excluding carboxylic acids is 1. The van der Waals surface area contributed by atoms with Crippen molar-refractivity contribution in [3.8, 4) is 0 Å². The Kier molecular flexibility index (Phi) is 4.42. The Morgan fingerprint density at radius 1 is 1.67 bits per heavy atom. The number of thiophene rings is 1. The highest BCUT2D eigenvalue weighted by Crippen LogP contribution is 2.23. The number of amides is 1. The van der Waals surface area contributed by atoms with Crippen LogP contribution < -0.4 is 11.1 Å². The van der Waals surface area contributed by atoms with Gasteiger partial charge < -0.3 is 5.73 Å². The van der Waals surface area contributed by atoms with Crippen molar-refractivity contribution in [3.63, 3.8) is 0 Å². The van der Waals surface area contributed by atoms with Gasteiger partial charge >= 0.3 is 5.00 Å². The molecule has 1 rings (SSSR count). The van der Waals surface area contributed by atoms with Crippen LogP contribution in [0.2, 0.25) is 0 Å². The molecule has 3 N–H and O–H groups in total. The lowest BCUT2D eigenvalue weighted by Crippen LogP contribution is -2.56. The highest BCUT2D eigenvalue weighted by Gasteiger charge is 2.34. The summed E-state index contributed by atoms with van der Waals surface area (Å²) in [5.41, 5.74) is 5.34. The molecule has 1 aromatic rings. The molecular formula is C11H17N3O3S. The predicted octanol–water partition coefficient (Wildman–Crippen LogP) is 1.65. The zero-order valence-electron chi connectivity index (χ0n) is 10.6. The quantitative estimate of drug-likeness (QED) is 0.607. The summed E-state index contributed by atoms with van der Waals surface area (Å²) >= 11 is 1.07. The van der Waals surface area contributed by atoms with Crippen LogP contribution in [0.1, 0.15) is 26.3 Å². The van der Waals surface area contributed by atoms with Gasteiger partial charge in [-0.2, -0.15) is 0 Å². The van der Waals surface area contributed by atoms with Crippen LogP contribution in [0.15, 0.2) is 11.4 Å². The van der Waals surface area contributed by atoms with Gasteiger partial charge in [0, 0.05) is 18.0 Å². The molecule has 1 unspecified atom stereocenters. The summed E-state index contributed by atoms with van der Waals surface area (Å²) < 4.78 is 0. The highest BCUT2D eigenvalue weighted by atomic mass is 32.1. The fourth-order valence-corrected chi connectivity index (χ4v) is 2.14. The van der Waals surface area contributed by atoms with E-state index in [0.717, 1.165) is 16.9 Å². The molecule has 1 amide bonds. The largest absolute Gasteiger partial charge is 0.368 e. The lowest BCUT2D eigenvalue weighted by atomic mass is 9.87. The Morgan fingerprint density at radius 3 is 2.67 bits per heavy atom. The third kappa shape index (κ3) is 3.05. The van der Waals surface area contributed by atoms with Gasteiger partial charge in [0.15, 0.2) is 0 Å². The van der Waals surface area contributed by atoms with Crippen LogP contribution in [0.5, 0.6) is 0 Å². The SMILES string of the molecule is CC(C)C(C)(NCc1csc([N+](=O)[O-])c1)C(N)=O. The number of nitrogens with one attached hydrogen (secondary N) is 1. The summed E-state index contributed by atoms with van der Waals surface area (Å²) in [5.74, 6) is -0.397. The Balaban J connectivity index is 2.73. The van der Waals surface area contributed by atoms with Crippen molar-refractivity contribution >= 4 is 22.2 Å². The van der Waals surface area contributed by atoms with Gasteiger partial charge in [-0.1, -0.05) is 25.2 Å². The summed E-state index contributed by atoms with van der Waals surface area (Å²) in [6.45, 7) is 5.91. The molecule has 0 radical (unpaired) electrons. The fourth-order valence-electron chi connectivity index (χ4n) is 1.41. The molecule has 0 saturated heterocycles. The smallest absolute Gasteiger partial charge is 0.324 e. The molecule has 100 valence electrons. The maximum absolute atomic E-state index is 11.5. The molecule has 1 heterocycles. The zero-order chi connectivity index (χ0) is 13.9. The van der Waals surface area contributed by atoms with Crippen molar-refractivity contribution in [1.82, 2.24) is 5.32 Å². The van der Waals surface area contributed by atoms with Crippen LogP contribution in [0.4, 0.5) is 5.00 Å². The first-order valence-corrected chi connectivity index (χ1v) is 6.42. The van der Waals surface area contributed by atoms with E-state index in [9.17, 15) is 14.9 Å². The number of nitro groups is 1. The van der Waals surface area contributed by atoms with Gasteiger partial charge in [-0.15, -0.1) is 0 Å². The second kappa shape index (κ2) is 5.45. The topological polar surface area (TPSA) is 98.3 Å². The van der Waals surface area contributed by atoms with Crippen molar-refractivity contribution in [2.75, 3.05) is 0 Å².